The maximum atomic E-state index is 12.8. The van der Waals surface area contributed by atoms with Crippen LogP contribution in [0.15, 0.2) is 45.1 Å². The van der Waals surface area contributed by atoms with Crippen LogP contribution in [0, 0.1) is 6.92 Å². The van der Waals surface area contributed by atoms with Crippen LogP contribution < -0.4 is 11.0 Å². The third-order valence-electron chi connectivity index (χ3n) is 5.45. The van der Waals surface area contributed by atoms with Gasteiger partial charge in [0.1, 0.15) is 11.4 Å². The highest BCUT2D eigenvalue weighted by molar-refractivity contribution is 7.09. The average molecular weight is 423 g/mol. The zero-order valence-corrected chi connectivity index (χ0v) is 17.3. The largest absolute Gasteiger partial charge is 0.464 e. The first-order valence-corrected chi connectivity index (χ1v) is 10.8. The SMILES string of the molecule is Cc1nc(Cn2nc3n(c2=O)CCC(NC(=O)c2cccc4ccoc24)CC3)cs1. The summed E-state index contributed by atoms with van der Waals surface area (Å²) in [6.45, 7) is 2.86. The number of hydrogen-bond donors (Lipinski definition) is 1. The minimum atomic E-state index is -0.156. The second-order valence-electron chi connectivity index (χ2n) is 7.51. The second kappa shape index (κ2) is 7.56. The third kappa shape index (κ3) is 3.45. The van der Waals surface area contributed by atoms with Crippen molar-refractivity contribution in [1.82, 2.24) is 24.6 Å². The number of rotatable bonds is 4. The molecule has 0 fully saturated rings. The number of benzene rings is 1. The first-order valence-electron chi connectivity index (χ1n) is 9.93. The van der Waals surface area contributed by atoms with Gasteiger partial charge in [0, 0.05) is 29.8 Å². The van der Waals surface area contributed by atoms with Crippen molar-refractivity contribution in [3.63, 3.8) is 0 Å². The lowest BCUT2D eigenvalue weighted by molar-refractivity contribution is 0.0933. The zero-order valence-electron chi connectivity index (χ0n) is 16.5. The molecular weight excluding hydrogens is 402 g/mol. The topological polar surface area (TPSA) is 95.0 Å². The number of furan rings is 1. The van der Waals surface area contributed by atoms with Crippen molar-refractivity contribution in [3.05, 3.63) is 68.5 Å². The molecule has 9 heteroatoms. The maximum Gasteiger partial charge on any atom is 0.346 e. The molecule has 3 aromatic heterocycles. The van der Waals surface area contributed by atoms with E-state index < -0.39 is 0 Å². The fourth-order valence-corrected chi connectivity index (χ4v) is 4.55. The van der Waals surface area contributed by atoms with E-state index in [-0.39, 0.29) is 17.6 Å². The van der Waals surface area contributed by atoms with Gasteiger partial charge in [0.05, 0.1) is 29.1 Å². The predicted octanol–water partition coefficient (Wildman–Crippen LogP) is 2.74. The third-order valence-corrected chi connectivity index (χ3v) is 6.28. The average Bonchev–Trinajstić information content (AvgIpc) is 3.41. The molecule has 1 unspecified atom stereocenters. The van der Waals surface area contributed by atoms with Crippen LogP contribution in [0.4, 0.5) is 0 Å². The molecule has 0 radical (unpaired) electrons. The van der Waals surface area contributed by atoms with E-state index in [9.17, 15) is 9.59 Å². The Labute approximate surface area is 176 Å². The van der Waals surface area contributed by atoms with Crippen LogP contribution in [0.5, 0.6) is 0 Å². The highest BCUT2D eigenvalue weighted by Gasteiger charge is 2.23. The predicted molar refractivity (Wildman–Crippen MR) is 113 cm³/mol. The van der Waals surface area contributed by atoms with E-state index in [1.165, 1.54) is 4.68 Å². The highest BCUT2D eigenvalue weighted by Crippen LogP contribution is 2.21. The molecular formula is C21H21N5O3S. The van der Waals surface area contributed by atoms with Gasteiger partial charge in [0.25, 0.3) is 5.91 Å². The summed E-state index contributed by atoms with van der Waals surface area (Å²) < 4.78 is 8.69. The van der Waals surface area contributed by atoms with E-state index in [0.29, 0.717) is 37.1 Å². The van der Waals surface area contributed by atoms with Crippen LogP contribution >= 0.6 is 11.3 Å². The van der Waals surface area contributed by atoms with Gasteiger partial charge in [-0.25, -0.2) is 14.5 Å². The number of amides is 1. The van der Waals surface area contributed by atoms with Gasteiger partial charge in [0.15, 0.2) is 0 Å². The summed E-state index contributed by atoms with van der Waals surface area (Å²) in [4.78, 5) is 30.0. The molecule has 1 aliphatic heterocycles. The Morgan fingerprint density at radius 1 is 1.33 bits per heavy atom. The van der Waals surface area contributed by atoms with E-state index >= 15 is 0 Å². The molecule has 1 amide bonds. The van der Waals surface area contributed by atoms with Crippen molar-refractivity contribution >= 4 is 28.2 Å². The van der Waals surface area contributed by atoms with Gasteiger partial charge >= 0.3 is 5.69 Å². The lowest BCUT2D eigenvalue weighted by Crippen LogP contribution is -2.36. The smallest absolute Gasteiger partial charge is 0.346 e. The summed E-state index contributed by atoms with van der Waals surface area (Å²) in [5.41, 5.74) is 1.85. The first-order chi connectivity index (χ1) is 14.6. The van der Waals surface area contributed by atoms with Crippen molar-refractivity contribution < 1.29 is 9.21 Å². The molecule has 5 rings (SSSR count). The van der Waals surface area contributed by atoms with Gasteiger partial charge in [-0.2, -0.15) is 5.10 Å². The van der Waals surface area contributed by atoms with Gasteiger partial charge < -0.3 is 9.73 Å². The highest BCUT2D eigenvalue weighted by atomic mass is 32.1. The molecule has 30 heavy (non-hydrogen) atoms. The first kappa shape index (κ1) is 18.8. The minimum Gasteiger partial charge on any atom is -0.464 e. The second-order valence-corrected chi connectivity index (χ2v) is 8.57. The van der Waals surface area contributed by atoms with Crippen LogP contribution in [0.3, 0.4) is 0 Å². The molecule has 1 atom stereocenters. The van der Waals surface area contributed by atoms with Crippen molar-refractivity contribution in [2.45, 2.75) is 45.3 Å². The molecule has 8 nitrogen and oxygen atoms in total. The lowest BCUT2D eigenvalue weighted by atomic mass is 10.1. The summed E-state index contributed by atoms with van der Waals surface area (Å²) in [6, 6.07) is 7.34. The van der Waals surface area contributed by atoms with Crippen molar-refractivity contribution in [2.24, 2.45) is 0 Å². The van der Waals surface area contributed by atoms with E-state index in [1.54, 1.807) is 28.2 Å². The van der Waals surface area contributed by atoms with Crippen LogP contribution in [0.2, 0.25) is 0 Å². The fourth-order valence-electron chi connectivity index (χ4n) is 3.94. The van der Waals surface area contributed by atoms with E-state index in [4.69, 9.17) is 4.42 Å². The lowest BCUT2D eigenvalue weighted by Gasteiger charge is -2.16. The standard InChI is InChI=1S/C21H21N5O3S/c1-13-22-16(12-30-13)11-26-21(28)25-9-7-15(5-6-18(25)24-26)23-20(27)17-4-2-3-14-8-10-29-19(14)17/h2-4,8,10,12,15H,5-7,9,11H2,1H3,(H,23,27). The van der Waals surface area contributed by atoms with Gasteiger partial charge in [-0.1, -0.05) is 12.1 Å². The summed E-state index contributed by atoms with van der Waals surface area (Å²) in [7, 11) is 0. The molecule has 4 aromatic rings. The molecule has 0 bridgehead atoms. The van der Waals surface area contributed by atoms with Gasteiger partial charge in [-0.05, 0) is 31.9 Å². The number of nitrogens with zero attached hydrogens (tertiary/aromatic N) is 4. The Balaban J connectivity index is 1.29. The number of nitrogens with one attached hydrogen (secondary N) is 1. The number of aryl methyl sites for hydroxylation is 2. The number of carbonyl (C=O) groups excluding carboxylic acids is 1. The molecule has 154 valence electrons. The Bertz CT molecular complexity index is 1280. The minimum absolute atomic E-state index is 0.0292. The molecule has 0 saturated carbocycles. The quantitative estimate of drug-likeness (QED) is 0.545. The Morgan fingerprint density at radius 2 is 2.23 bits per heavy atom. The number of hydrogen-bond acceptors (Lipinski definition) is 6. The number of thiazole rings is 1. The van der Waals surface area contributed by atoms with Crippen LogP contribution in [0.1, 0.15) is 39.7 Å². The molecule has 0 aliphatic carbocycles. The molecule has 1 N–H and O–H groups in total. The Kier molecular flexibility index (Phi) is 4.74. The zero-order chi connectivity index (χ0) is 20.7. The van der Waals surface area contributed by atoms with E-state index in [0.717, 1.165) is 28.3 Å². The molecule has 0 saturated heterocycles. The van der Waals surface area contributed by atoms with Gasteiger partial charge in [-0.3, -0.25) is 9.36 Å². The summed E-state index contributed by atoms with van der Waals surface area (Å²) in [5.74, 6) is 0.605. The summed E-state index contributed by atoms with van der Waals surface area (Å²) in [6.07, 6.45) is 3.62. The van der Waals surface area contributed by atoms with Crippen molar-refractivity contribution in [3.8, 4) is 0 Å². The fraction of sp³-hybridized carbons (Fsp3) is 0.333. The number of para-hydroxylation sites is 1. The van der Waals surface area contributed by atoms with Gasteiger partial charge in [0.2, 0.25) is 0 Å². The van der Waals surface area contributed by atoms with Crippen LogP contribution in [0.25, 0.3) is 11.0 Å². The molecule has 4 heterocycles. The number of aromatic nitrogens is 4. The monoisotopic (exact) mass is 423 g/mol. The molecule has 1 aromatic carbocycles. The number of fused-ring (bicyclic) bond motifs is 2. The van der Waals surface area contributed by atoms with E-state index in [1.807, 2.05) is 30.5 Å². The summed E-state index contributed by atoms with van der Waals surface area (Å²) in [5, 5.41) is 11.5. The molecule has 0 spiro atoms. The Hall–Kier alpha value is -3.20. The summed E-state index contributed by atoms with van der Waals surface area (Å²) >= 11 is 1.56. The normalized spacial score (nSPS) is 16.4. The maximum absolute atomic E-state index is 12.8. The molecule has 1 aliphatic rings. The van der Waals surface area contributed by atoms with Crippen LogP contribution in [-0.4, -0.2) is 31.3 Å². The Morgan fingerprint density at radius 3 is 3.07 bits per heavy atom. The number of carbonyl (C=O) groups is 1. The van der Waals surface area contributed by atoms with Crippen LogP contribution in [-0.2, 0) is 19.5 Å². The van der Waals surface area contributed by atoms with Crippen molar-refractivity contribution in [2.75, 3.05) is 0 Å². The van der Waals surface area contributed by atoms with E-state index in [2.05, 4.69) is 15.4 Å². The van der Waals surface area contributed by atoms with Gasteiger partial charge in [-0.15, -0.1) is 11.3 Å². The van der Waals surface area contributed by atoms with Crippen molar-refractivity contribution in [1.29, 1.82) is 0 Å².